The average molecular weight is 318 g/mol. The zero-order valence-corrected chi connectivity index (χ0v) is 12.9. The number of nitrogens with zero attached hydrogens (tertiary/aromatic N) is 4. The number of methoxy groups -OCH3 is 1. The number of anilines is 2. The van der Waals surface area contributed by atoms with Gasteiger partial charge in [-0.05, 0) is 30.3 Å². The summed E-state index contributed by atoms with van der Waals surface area (Å²) in [6, 6.07) is 11.3. The maximum Gasteiger partial charge on any atom is 0.227 e. The van der Waals surface area contributed by atoms with Crippen LogP contribution >= 0.6 is 0 Å². The molecule has 0 saturated carbocycles. The van der Waals surface area contributed by atoms with Crippen molar-refractivity contribution in [1.29, 1.82) is 0 Å². The first-order valence-corrected chi connectivity index (χ1v) is 7.35. The molecule has 3 aromatic heterocycles. The third-order valence-corrected chi connectivity index (χ3v) is 3.58. The fraction of sp³-hybridized carbons (Fsp3) is 0.0588. The SMILES string of the molecule is COc1ccnc(-c2ccnc(Nc3ccc4[nH]ncc4c3)n2)c1. The zero-order valence-electron chi connectivity index (χ0n) is 12.9. The van der Waals surface area contributed by atoms with Crippen LogP contribution in [0.5, 0.6) is 5.75 Å². The van der Waals surface area contributed by atoms with Crippen molar-refractivity contribution in [1.82, 2.24) is 25.1 Å². The van der Waals surface area contributed by atoms with E-state index >= 15 is 0 Å². The van der Waals surface area contributed by atoms with Gasteiger partial charge in [0.25, 0.3) is 0 Å². The Bertz CT molecular complexity index is 997. The Balaban J connectivity index is 1.64. The van der Waals surface area contributed by atoms with E-state index < -0.39 is 0 Å². The quantitative estimate of drug-likeness (QED) is 0.601. The molecule has 24 heavy (non-hydrogen) atoms. The molecular formula is C17H14N6O. The van der Waals surface area contributed by atoms with E-state index in [1.165, 1.54) is 0 Å². The molecule has 2 N–H and O–H groups in total. The molecule has 0 bridgehead atoms. The van der Waals surface area contributed by atoms with Crippen LogP contribution in [0.15, 0.2) is 55.0 Å². The molecule has 0 aliphatic rings. The third-order valence-electron chi connectivity index (χ3n) is 3.58. The van der Waals surface area contributed by atoms with Crippen molar-refractivity contribution in [2.24, 2.45) is 0 Å². The van der Waals surface area contributed by atoms with E-state index in [0.717, 1.165) is 33.7 Å². The summed E-state index contributed by atoms with van der Waals surface area (Å²) in [5.74, 6) is 1.23. The van der Waals surface area contributed by atoms with Gasteiger partial charge in [-0.2, -0.15) is 5.10 Å². The van der Waals surface area contributed by atoms with E-state index in [1.54, 1.807) is 31.8 Å². The predicted octanol–water partition coefficient (Wildman–Crippen LogP) is 3.17. The zero-order chi connectivity index (χ0) is 16.4. The predicted molar refractivity (Wildman–Crippen MR) is 91.2 cm³/mol. The number of pyridine rings is 1. The number of fused-ring (bicyclic) bond motifs is 1. The highest BCUT2D eigenvalue weighted by Crippen LogP contribution is 2.22. The molecule has 0 fully saturated rings. The van der Waals surface area contributed by atoms with Gasteiger partial charge in [-0.3, -0.25) is 10.1 Å². The van der Waals surface area contributed by atoms with E-state index in [0.29, 0.717) is 5.95 Å². The van der Waals surface area contributed by atoms with Gasteiger partial charge in [-0.15, -0.1) is 0 Å². The lowest BCUT2D eigenvalue weighted by Crippen LogP contribution is -1.98. The van der Waals surface area contributed by atoms with Crippen LogP contribution in [-0.2, 0) is 0 Å². The summed E-state index contributed by atoms with van der Waals surface area (Å²) in [6.07, 6.45) is 5.16. The molecule has 0 unspecified atom stereocenters. The van der Waals surface area contributed by atoms with Crippen LogP contribution in [0.2, 0.25) is 0 Å². The summed E-state index contributed by atoms with van der Waals surface area (Å²) in [7, 11) is 1.62. The van der Waals surface area contributed by atoms with Gasteiger partial charge in [0.05, 0.1) is 30.2 Å². The molecule has 1 aromatic carbocycles. The standard InChI is InChI=1S/C17H14N6O/c1-24-13-4-6-18-16(9-13)15-5-7-19-17(22-15)21-12-2-3-14-11(8-12)10-20-23-14/h2-10H,1H3,(H,20,23)(H,19,21,22). The molecule has 4 rings (SSSR count). The first kappa shape index (κ1) is 14.1. The van der Waals surface area contributed by atoms with Gasteiger partial charge in [-0.1, -0.05) is 0 Å². The van der Waals surface area contributed by atoms with Gasteiger partial charge in [0, 0.05) is 29.5 Å². The van der Waals surface area contributed by atoms with E-state index in [9.17, 15) is 0 Å². The van der Waals surface area contributed by atoms with E-state index in [2.05, 4.69) is 30.5 Å². The number of benzene rings is 1. The molecule has 0 atom stereocenters. The van der Waals surface area contributed by atoms with Gasteiger partial charge in [0.1, 0.15) is 5.75 Å². The van der Waals surface area contributed by atoms with E-state index in [1.807, 2.05) is 30.3 Å². The highest BCUT2D eigenvalue weighted by Gasteiger charge is 2.06. The molecule has 0 spiro atoms. The minimum absolute atomic E-state index is 0.500. The fourth-order valence-corrected chi connectivity index (χ4v) is 2.39. The second-order valence-electron chi connectivity index (χ2n) is 5.14. The monoisotopic (exact) mass is 318 g/mol. The Morgan fingerprint density at radius 2 is 1.92 bits per heavy atom. The number of rotatable bonds is 4. The van der Waals surface area contributed by atoms with Crippen LogP contribution in [-0.4, -0.2) is 32.3 Å². The largest absolute Gasteiger partial charge is 0.497 e. The van der Waals surface area contributed by atoms with Crippen molar-refractivity contribution in [3.63, 3.8) is 0 Å². The normalized spacial score (nSPS) is 10.7. The summed E-state index contributed by atoms with van der Waals surface area (Å²) in [4.78, 5) is 13.1. The van der Waals surface area contributed by atoms with Crippen LogP contribution in [0.4, 0.5) is 11.6 Å². The van der Waals surface area contributed by atoms with Gasteiger partial charge in [0.2, 0.25) is 5.95 Å². The van der Waals surface area contributed by atoms with Crippen molar-refractivity contribution in [2.75, 3.05) is 12.4 Å². The number of nitrogens with one attached hydrogen (secondary N) is 2. The summed E-state index contributed by atoms with van der Waals surface area (Å²) in [5, 5.41) is 11.2. The first-order chi connectivity index (χ1) is 11.8. The number of H-pyrrole nitrogens is 1. The number of aromatic nitrogens is 5. The molecule has 7 heteroatoms. The maximum atomic E-state index is 5.23. The minimum atomic E-state index is 0.500. The Kier molecular flexibility index (Phi) is 3.51. The lowest BCUT2D eigenvalue weighted by atomic mass is 10.2. The summed E-state index contributed by atoms with van der Waals surface area (Å²) >= 11 is 0. The van der Waals surface area contributed by atoms with Crippen LogP contribution in [0.1, 0.15) is 0 Å². The number of ether oxygens (including phenoxy) is 1. The van der Waals surface area contributed by atoms with Crippen LogP contribution in [0.25, 0.3) is 22.3 Å². The fourth-order valence-electron chi connectivity index (χ4n) is 2.39. The lowest BCUT2D eigenvalue weighted by molar-refractivity contribution is 0.414. The molecule has 7 nitrogen and oxygen atoms in total. The highest BCUT2D eigenvalue weighted by atomic mass is 16.5. The number of aromatic amines is 1. The molecule has 0 amide bonds. The van der Waals surface area contributed by atoms with Crippen molar-refractivity contribution in [2.45, 2.75) is 0 Å². The molecule has 4 aromatic rings. The molecule has 118 valence electrons. The van der Waals surface area contributed by atoms with Gasteiger partial charge >= 0.3 is 0 Å². The lowest BCUT2D eigenvalue weighted by Gasteiger charge is -2.07. The number of hydrogen-bond acceptors (Lipinski definition) is 6. The van der Waals surface area contributed by atoms with E-state index in [-0.39, 0.29) is 0 Å². The summed E-state index contributed by atoms with van der Waals surface area (Å²) < 4.78 is 5.23. The second-order valence-corrected chi connectivity index (χ2v) is 5.14. The topological polar surface area (TPSA) is 88.6 Å². The summed E-state index contributed by atoms with van der Waals surface area (Å²) in [6.45, 7) is 0. The van der Waals surface area contributed by atoms with Crippen molar-refractivity contribution in [3.8, 4) is 17.1 Å². The molecule has 0 aliphatic carbocycles. The average Bonchev–Trinajstić information content (AvgIpc) is 3.10. The van der Waals surface area contributed by atoms with Crippen LogP contribution in [0, 0.1) is 0 Å². The summed E-state index contributed by atoms with van der Waals surface area (Å²) in [5.41, 5.74) is 3.32. The first-order valence-electron chi connectivity index (χ1n) is 7.35. The van der Waals surface area contributed by atoms with E-state index in [4.69, 9.17) is 4.74 Å². The van der Waals surface area contributed by atoms with Crippen molar-refractivity contribution in [3.05, 3.63) is 55.0 Å². The Labute approximate surface area is 137 Å². The van der Waals surface area contributed by atoms with Crippen LogP contribution in [0.3, 0.4) is 0 Å². The molecule has 0 radical (unpaired) electrons. The third kappa shape index (κ3) is 2.74. The Hall–Kier alpha value is -3.48. The van der Waals surface area contributed by atoms with Gasteiger partial charge in [0.15, 0.2) is 0 Å². The van der Waals surface area contributed by atoms with Crippen LogP contribution < -0.4 is 10.1 Å². The highest BCUT2D eigenvalue weighted by molar-refractivity contribution is 5.82. The smallest absolute Gasteiger partial charge is 0.227 e. The van der Waals surface area contributed by atoms with Crippen molar-refractivity contribution < 1.29 is 4.74 Å². The molecular weight excluding hydrogens is 304 g/mol. The van der Waals surface area contributed by atoms with Gasteiger partial charge in [-0.25, -0.2) is 9.97 Å². The number of hydrogen-bond donors (Lipinski definition) is 2. The Morgan fingerprint density at radius 1 is 1.00 bits per heavy atom. The maximum absolute atomic E-state index is 5.23. The minimum Gasteiger partial charge on any atom is -0.497 e. The Morgan fingerprint density at radius 3 is 2.83 bits per heavy atom. The van der Waals surface area contributed by atoms with Gasteiger partial charge < -0.3 is 10.1 Å². The van der Waals surface area contributed by atoms with Crippen molar-refractivity contribution >= 4 is 22.5 Å². The molecule has 0 aliphatic heterocycles. The second kappa shape index (κ2) is 5.96. The molecule has 3 heterocycles. The molecule has 0 saturated heterocycles.